The molecular weight excluding hydrogens is 502 g/mol. The van der Waals surface area contributed by atoms with E-state index in [0.717, 1.165) is 6.33 Å². The van der Waals surface area contributed by atoms with Crippen LogP contribution in [0.4, 0.5) is 17.3 Å². The molecule has 0 amide bonds. The number of aromatic nitrogens is 4. The van der Waals surface area contributed by atoms with Crippen molar-refractivity contribution >= 4 is 45.8 Å². The summed E-state index contributed by atoms with van der Waals surface area (Å²) in [6, 6.07) is 12.2. The van der Waals surface area contributed by atoms with E-state index in [2.05, 4.69) is 30.3 Å². The number of para-hydroxylation sites is 1. The second-order valence-corrected chi connectivity index (χ2v) is 8.42. The third-order valence-electron chi connectivity index (χ3n) is 5.54. The highest BCUT2D eigenvalue weighted by atomic mass is 35.5. The Morgan fingerprint density at radius 3 is 2.41 bits per heavy atom. The molecule has 0 aliphatic rings. The average Bonchev–Trinajstić information content (AvgIpc) is 2.88. The fourth-order valence-corrected chi connectivity index (χ4v) is 4.05. The highest BCUT2D eigenvalue weighted by Gasteiger charge is 2.28. The number of fused-ring (bicyclic) bond motifs is 1. The minimum atomic E-state index is -0.904. The van der Waals surface area contributed by atoms with Gasteiger partial charge < -0.3 is 15.4 Å². The van der Waals surface area contributed by atoms with Gasteiger partial charge in [-0.25, -0.2) is 19.7 Å². The standard InChI is InChI=1S/C24H22ClN7O5/c1-13(28-20-19(32(35)36)21(27-12-26-20)29-14(2)24(34)37-3)22-30-17-11-7-10-16(25)18(17)23(33)31(22)15-8-5-4-6-9-15/h4-14H,1-3H3,(H2,26,27,28,29)/t13-,14+/m0/s1. The van der Waals surface area contributed by atoms with Crippen molar-refractivity contribution in [3.8, 4) is 5.69 Å². The molecule has 13 heteroatoms. The number of methoxy groups -OCH3 is 1. The number of ether oxygens (including phenoxy) is 1. The second-order valence-electron chi connectivity index (χ2n) is 8.01. The lowest BCUT2D eigenvalue weighted by Gasteiger charge is -2.20. The predicted octanol–water partition coefficient (Wildman–Crippen LogP) is 3.88. The van der Waals surface area contributed by atoms with Gasteiger partial charge in [0, 0.05) is 0 Å². The van der Waals surface area contributed by atoms with E-state index in [1.165, 1.54) is 18.6 Å². The molecular formula is C24H22ClN7O5. The lowest BCUT2D eigenvalue weighted by Crippen LogP contribution is -2.29. The quantitative estimate of drug-likeness (QED) is 0.197. The Morgan fingerprint density at radius 2 is 1.76 bits per heavy atom. The van der Waals surface area contributed by atoms with Crippen LogP contribution in [0.2, 0.25) is 5.02 Å². The van der Waals surface area contributed by atoms with Crippen molar-refractivity contribution in [2.24, 2.45) is 0 Å². The van der Waals surface area contributed by atoms with Crippen LogP contribution in [0.5, 0.6) is 0 Å². The van der Waals surface area contributed by atoms with E-state index in [0.29, 0.717) is 11.2 Å². The molecule has 0 saturated carbocycles. The van der Waals surface area contributed by atoms with E-state index in [1.807, 2.05) is 6.07 Å². The topological polar surface area (TPSA) is 154 Å². The van der Waals surface area contributed by atoms with Gasteiger partial charge in [0.1, 0.15) is 18.2 Å². The molecule has 190 valence electrons. The van der Waals surface area contributed by atoms with E-state index in [1.54, 1.807) is 49.4 Å². The zero-order valence-corrected chi connectivity index (χ0v) is 20.8. The molecule has 0 bridgehead atoms. The van der Waals surface area contributed by atoms with Crippen LogP contribution in [-0.4, -0.2) is 43.6 Å². The van der Waals surface area contributed by atoms with E-state index < -0.39 is 34.2 Å². The summed E-state index contributed by atoms with van der Waals surface area (Å²) in [7, 11) is 1.21. The van der Waals surface area contributed by atoms with Gasteiger partial charge in [-0.1, -0.05) is 35.9 Å². The highest BCUT2D eigenvalue weighted by molar-refractivity contribution is 6.35. The van der Waals surface area contributed by atoms with Crippen molar-refractivity contribution < 1.29 is 14.5 Å². The van der Waals surface area contributed by atoms with Crippen molar-refractivity contribution in [1.82, 2.24) is 19.5 Å². The van der Waals surface area contributed by atoms with Gasteiger partial charge in [0.2, 0.25) is 11.6 Å². The molecule has 4 aromatic rings. The number of nitro groups is 1. The minimum Gasteiger partial charge on any atom is -0.467 e. The zero-order chi connectivity index (χ0) is 26.7. The van der Waals surface area contributed by atoms with E-state index in [-0.39, 0.29) is 27.9 Å². The van der Waals surface area contributed by atoms with Crippen molar-refractivity contribution in [2.45, 2.75) is 25.9 Å². The first-order chi connectivity index (χ1) is 17.7. The molecule has 0 unspecified atom stereocenters. The Balaban J connectivity index is 1.83. The summed E-state index contributed by atoms with van der Waals surface area (Å²) < 4.78 is 6.07. The summed E-state index contributed by atoms with van der Waals surface area (Å²) in [6.45, 7) is 3.17. The number of halogens is 1. The van der Waals surface area contributed by atoms with Crippen LogP contribution in [0.1, 0.15) is 25.7 Å². The molecule has 0 saturated heterocycles. The van der Waals surface area contributed by atoms with Crippen LogP contribution in [-0.2, 0) is 9.53 Å². The molecule has 12 nitrogen and oxygen atoms in total. The first kappa shape index (κ1) is 25.5. The monoisotopic (exact) mass is 523 g/mol. The van der Waals surface area contributed by atoms with Crippen LogP contribution >= 0.6 is 11.6 Å². The summed E-state index contributed by atoms with van der Waals surface area (Å²) in [4.78, 5) is 49.4. The Labute approximate surface area is 215 Å². The van der Waals surface area contributed by atoms with Crippen LogP contribution in [0.15, 0.2) is 59.7 Å². The smallest absolute Gasteiger partial charge is 0.353 e. The molecule has 0 fully saturated rings. The van der Waals surface area contributed by atoms with Crippen LogP contribution in [0.3, 0.4) is 0 Å². The SMILES string of the molecule is COC(=O)[C@@H](C)Nc1ncnc(N[C@@H](C)c2nc3cccc(Cl)c3c(=O)n2-c2ccccc2)c1[N+](=O)[O-]. The summed E-state index contributed by atoms with van der Waals surface area (Å²) in [5.41, 5.74) is 0.0381. The van der Waals surface area contributed by atoms with Crippen LogP contribution in [0, 0.1) is 10.1 Å². The summed E-state index contributed by atoms with van der Waals surface area (Å²) in [6.07, 6.45) is 1.12. The first-order valence-electron chi connectivity index (χ1n) is 11.1. The van der Waals surface area contributed by atoms with Gasteiger partial charge in [0.15, 0.2) is 0 Å². The number of nitrogens with one attached hydrogen (secondary N) is 2. The second kappa shape index (κ2) is 10.6. The van der Waals surface area contributed by atoms with Crippen LogP contribution < -0.4 is 16.2 Å². The van der Waals surface area contributed by atoms with Gasteiger partial charge >= 0.3 is 11.7 Å². The van der Waals surface area contributed by atoms with Crippen molar-refractivity contribution in [3.05, 3.63) is 86.2 Å². The maximum Gasteiger partial charge on any atom is 0.353 e. The van der Waals surface area contributed by atoms with Crippen LogP contribution in [0.25, 0.3) is 16.6 Å². The van der Waals surface area contributed by atoms with Gasteiger partial charge in [0.25, 0.3) is 5.56 Å². The first-order valence-corrected chi connectivity index (χ1v) is 11.5. The molecule has 0 radical (unpaired) electrons. The molecule has 0 aliphatic heterocycles. The number of hydrogen-bond donors (Lipinski definition) is 2. The third-order valence-corrected chi connectivity index (χ3v) is 5.86. The number of nitrogens with zero attached hydrogens (tertiary/aromatic N) is 5. The molecule has 2 aromatic carbocycles. The van der Waals surface area contributed by atoms with E-state index >= 15 is 0 Å². The van der Waals surface area contributed by atoms with Gasteiger partial charge in [-0.15, -0.1) is 0 Å². The number of benzene rings is 2. The summed E-state index contributed by atoms with van der Waals surface area (Å²) >= 11 is 6.33. The number of rotatable bonds is 8. The van der Waals surface area contributed by atoms with E-state index in [4.69, 9.17) is 11.6 Å². The van der Waals surface area contributed by atoms with Crippen molar-refractivity contribution in [2.75, 3.05) is 17.7 Å². The zero-order valence-electron chi connectivity index (χ0n) is 20.0. The summed E-state index contributed by atoms with van der Waals surface area (Å²) in [5, 5.41) is 18.1. The van der Waals surface area contributed by atoms with E-state index in [9.17, 15) is 19.7 Å². The molecule has 0 spiro atoms. The van der Waals surface area contributed by atoms with Gasteiger partial charge in [-0.05, 0) is 38.1 Å². The number of anilines is 2. The largest absolute Gasteiger partial charge is 0.467 e. The maximum atomic E-state index is 13.6. The van der Waals surface area contributed by atoms with Crippen molar-refractivity contribution in [3.63, 3.8) is 0 Å². The maximum absolute atomic E-state index is 13.6. The molecule has 2 N–H and O–H groups in total. The average molecular weight is 524 g/mol. The number of carbonyl (C=O) groups excluding carboxylic acids is 1. The molecule has 2 aromatic heterocycles. The Kier molecular flexibility index (Phi) is 7.30. The third kappa shape index (κ3) is 5.05. The van der Waals surface area contributed by atoms with Gasteiger partial charge in [-0.3, -0.25) is 19.5 Å². The number of hydrogen-bond acceptors (Lipinski definition) is 10. The summed E-state index contributed by atoms with van der Waals surface area (Å²) in [5.74, 6) is -0.656. The fraction of sp³-hybridized carbons (Fsp3) is 0.208. The minimum absolute atomic E-state index is 0.132. The molecule has 37 heavy (non-hydrogen) atoms. The number of carbonyl (C=O) groups is 1. The highest BCUT2D eigenvalue weighted by Crippen LogP contribution is 2.32. The Hall–Kier alpha value is -4.58. The fourth-order valence-electron chi connectivity index (χ4n) is 3.80. The Bertz CT molecular complexity index is 1540. The number of esters is 1. The molecule has 2 atom stereocenters. The predicted molar refractivity (Wildman–Crippen MR) is 138 cm³/mol. The molecule has 2 heterocycles. The van der Waals surface area contributed by atoms with Gasteiger partial charge in [0.05, 0.1) is 39.7 Å². The van der Waals surface area contributed by atoms with Gasteiger partial charge in [-0.2, -0.15) is 0 Å². The van der Waals surface area contributed by atoms with Crippen molar-refractivity contribution in [1.29, 1.82) is 0 Å². The normalized spacial score (nSPS) is 12.5. The molecule has 4 rings (SSSR count). The Morgan fingerprint density at radius 1 is 1.08 bits per heavy atom. The lowest BCUT2D eigenvalue weighted by atomic mass is 10.2. The lowest BCUT2D eigenvalue weighted by molar-refractivity contribution is -0.383. The molecule has 0 aliphatic carbocycles.